The van der Waals surface area contributed by atoms with Crippen molar-refractivity contribution in [2.45, 2.75) is 24.7 Å². The van der Waals surface area contributed by atoms with Gasteiger partial charge in [0.2, 0.25) is 0 Å². The van der Waals surface area contributed by atoms with Crippen molar-refractivity contribution in [2.24, 2.45) is 0 Å². The van der Waals surface area contributed by atoms with Gasteiger partial charge in [-0.3, -0.25) is 4.98 Å². The van der Waals surface area contributed by atoms with E-state index >= 15 is 0 Å². The summed E-state index contributed by atoms with van der Waals surface area (Å²) in [4.78, 5) is 4.07. The molecule has 1 aliphatic rings. The van der Waals surface area contributed by atoms with E-state index in [2.05, 4.69) is 20.9 Å². The molecule has 15 heavy (non-hydrogen) atoms. The Morgan fingerprint density at radius 3 is 2.73 bits per heavy atom. The Balaban J connectivity index is 2.49. The molecule has 82 valence electrons. The summed E-state index contributed by atoms with van der Waals surface area (Å²) in [6.45, 7) is 0.173. The van der Waals surface area contributed by atoms with E-state index in [0.29, 0.717) is 0 Å². The fourth-order valence-corrected chi connectivity index (χ4v) is 2.91. The number of aliphatic hydroxyl groups is 1. The van der Waals surface area contributed by atoms with Crippen LogP contribution in [-0.2, 0) is 5.41 Å². The summed E-state index contributed by atoms with van der Waals surface area (Å²) in [7, 11) is 1.64. The zero-order valence-electron chi connectivity index (χ0n) is 8.66. The smallest absolute Gasteiger partial charge is 0.142 e. The fraction of sp³-hybridized carbons (Fsp3) is 0.545. The van der Waals surface area contributed by atoms with Gasteiger partial charge < -0.3 is 9.84 Å². The number of rotatable bonds is 3. The molecule has 1 aromatic rings. The van der Waals surface area contributed by atoms with Crippen LogP contribution in [-0.4, -0.2) is 23.8 Å². The third kappa shape index (κ3) is 1.66. The van der Waals surface area contributed by atoms with Crippen molar-refractivity contribution in [1.82, 2.24) is 4.98 Å². The van der Waals surface area contributed by atoms with Crippen molar-refractivity contribution < 1.29 is 9.84 Å². The van der Waals surface area contributed by atoms with Gasteiger partial charge in [-0.15, -0.1) is 0 Å². The lowest BCUT2D eigenvalue weighted by molar-refractivity contribution is 0.116. The number of aliphatic hydroxyl groups excluding tert-OH is 1. The molecule has 3 nitrogen and oxygen atoms in total. The number of ether oxygens (including phenoxy) is 1. The number of pyridine rings is 1. The molecule has 2 rings (SSSR count). The summed E-state index contributed by atoms with van der Waals surface area (Å²) in [6.07, 6.45) is 6.66. The average molecular weight is 272 g/mol. The highest BCUT2D eigenvalue weighted by Gasteiger charge is 2.41. The zero-order chi connectivity index (χ0) is 10.9. The Bertz CT molecular complexity index is 358. The maximum absolute atomic E-state index is 9.54. The Hall–Kier alpha value is -0.610. The molecule has 4 heteroatoms. The van der Waals surface area contributed by atoms with Gasteiger partial charge in [0.05, 0.1) is 19.9 Å². The highest BCUT2D eigenvalue weighted by molar-refractivity contribution is 9.10. The van der Waals surface area contributed by atoms with E-state index in [1.165, 1.54) is 6.42 Å². The van der Waals surface area contributed by atoms with Crippen LogP contribution in [0.15, 0.2) is 16.9 Å². The van der Waals surface area contributed by atoms with Crippen molar-refractivity contribution in [3.05, 3.63) is 22.4 Å². The first-order valence-corrected chi connectivity index (χ1v) is 5.81. The molecule has 0 spiro atoms. The number of nitrogens with zero attached hydrogens (tertiary/aromatic N) is 1. The number of methoxy groups -OCH3 is 1. The van der Waals surface area contributed by atoms with E-state index in [1.807, 2.05) is 0 Å². The van der Waals surface area contributed by atoms with Gasteiger partial charge in [-0.2, -0.15) is 0 Å². The minimum atomic E-state index is -0.118. The molecule has 0 bridgehead atoms. The highest BCUT2D eigenvalue weighted by atomic mass is 79.9. The molecule has 1 fully saturated rings. The van der Waals surface area contributed by atoms with E-state index in [1.54, 1.807) is 19.5 Å². The second-order valence-corrected chi connectivity index (χ2v) is 4.84. The predicted octanol–water partition coefficient (Wildman–Crippen LogP) is 2.27. The maximum Gasteiger partial charge on any atom is 0.142 e. The average Bonchev–Trinajstić information content (AvgIpc) is 2.19. The van der Waals surface area contributed by atoms with Crippen molar-refractivity contribution in [3.63, 3.8) is 0 Å². The molecular formula is C11H14BrNO2. The lowest BCUT2D eigenvalue weighted by Gasteiger charge is -2.41. The van der Waals surface area contributed by atoms with Gasteiger partial charge in [-0.1, -0.05) is 6.42 Å². The summed E-state index contributed by atoms with van der Waals surface area (Å²) < 4.78 is 6.23. The molecule has 1 N–H and O–H groups in total. The summed E-state index contributed by atoms with van der Waals surface area (Å²) in [5.41, 5.74) is 0.946. The summed E-state index contributed by atoms with van der Waals surface area (Å²) in [5, 5.41) is 9.54. The third-order valence-electron chi connectivity index (χ3n) is 3.23. The Kier molecular flexibility index (Phi) is 2.98. The molecule has 0 atom stereocenters. The maximum atomic E-state index is 9.54. The monoisotopic (exact) mass is 271 g/mol. The second-order valence-electron chi connectivity index (χ2n) is 3.99. The van der Waals surface area contributed by atoms with Crippen LogP contribution >= 0.6 is 15.9 Å². The number of hydrogen-bond acceptors (Lipinski definition) is 3. The van der Waals surface area contributed by atoms with Crippen LogP contribution in [0.2, 0.25) is 0 Å². The van der Waals surface area contributed by atoms with Gasteiger partial charge in [0.1, 0.15) is 5.75 Å². The predicted molar refractivity (Wildman–Crippen MR) is 61.1 cm³/mol. The minimum absolute atomic E-state index is 0.118. The van der Waals surface area contributed by atoms with E-state index in [4.69, 9.17) is 4.74 Å². The van der Waals surface area contributed by atoms with Crippen LogP contribution in [0.3, 0.4) is 0 Å². The van der Waals surface area contributed by atoms with Crippen LogP contribution < -0.4 is 4.74 Å². The summed E-state index contributed by atoms with van der Waals surface area (Å²) in [5.74, 6) is 0.762. The summed E-state index contributed by atoms with van der Waals surface area (Å²) >= 11 is 3.49. The third-order valence-corrected chi connectivity index (χ3v) is 3.83. The lowest BCUT2D eigenvalue weighted by Crippen LogP contribution is -2.38. The molecule has 0 aromatic carbocycles. The number of aromatic nitrogens is 1. The van der Waals surface area contributed by atoms with Crippen molar-refractivity contribution >= 4 is 15.9 Å². The molecule has 1 aromatic heterocycles. The molecule has 1 aliphatic carbocycles. The Morgan fingerprint density at radius 2 is 2.27 bits per heavy atom. The van der Waals surface area contributed by atoms with Crippen LogP contribution in [0.25, 0.3) is 0 Å². The van der Waals surface area contributed by atoms with Crippen LogP contribution in [0, 0.1) is 0 Å². The second kappa shape index (κ2) is 4.10. The zero-order valence-corrected chi connectivity index (χ0v) is 10.2. The van der Waals surface area contributed by atoms with Crippen molar-refractivity contribution in [2.75, 3.05) is 13.7 Å². The van der Waals surface area contributed by atoms with Crippen molar-refractivity contribution in [1.29, 1.82) is 0 Å². The lowest BCUT2D eigenvalue weighted by atomic mass is 9.65. The SMILES string of the molecule is COc1cncc(Br)c1C1(CO)CCC1. The first kappa shape index (κ1) is 10.9. The van der Waals surface area contributed by atoms with Gasteiger partial charge in [0.25, 0.3) is 0 Å². The minimum Gasteiger partial charge on any atom is -0.495 e. The summed E-state index contributed by atoms with van der Waals surface area (Å²) in [6, 6.07) is 0. The van der Waals surface area contributed by atoms with Crippen LogP contribution in [0.4, 0.5) is 0 Å². The van der Waals surface area contributed by atoms with Crippen LogP contribution in [0.1, 0.15) is 24.8 Å². The highest BCUT2D eigenvalue weighted by Crippen LogP contribution is 2.49. The molecule has 0 unspecified atom stereocenters. The molecule has 0 saturated heterocycles. The van der Waals surface area contributed by atoms with Gasteiger partial charge in [0.15, 0.2) is 0 Å². The fourth-order valence-electron chi connectivity index (χ4n) is 2.18. The molecular weight excluding hydrogens is 258 g/mol. The van der Waals surface area contributed by atoms with E-state index < -0.39 is 0 Å². The van der Waals surface area contributed by atoms with E-state index in [0.717, 1.165) is 28.6 Å². The first-order valence-electron chi connectivity index (χ1n) is 5.02. The molecule has 1 heterocycles. The van der Waals surface area contributed by atoms with Gasteiger partial charge in [-0.25, -0.2) is 0 Å². The van der Waals surface area contributed by atoms with E-state index in [-0.39, 0.29) is 12.0 Å². The van der Waals surface area contributed by atoms with Gasteiger partial charge in [-0.05, 0) is 28.8 Å². The quantitative estimate of drug-likeness (QED) is 0.917. The van der Waals surface area contributed by atoms with Crippen LogP contribution in [0.5, 0.6) is 5.75 Å². The molecule has 0 aliphatic heterocycles. The number of halogens is 1. The first-order chi connectivity index (χ1) is 7.23. The van der Waals surface area contributed by atoms with Crippen molar-refractivity contribution in [3.8, 4) is 5.75 Å². The normalized spacial score (nSPS) is 18.3. The topological polar surface area (TPSA) is 42.4 Å². The largest absolute Gasteiger partial charge is 0.495 e. The van der Waals surface area contributed by atoms with Gasteiger partial charge in [0, 0.05) is 21.6 Å². The molecule has 0 radical (unpaired) electrons. The Morgan fingerprint density at radius 1 is 1.53 bits per heavy atom. The van der Waals surface area contributed by atoms with Gasteiger partial charge >= 0.3 is 0 Å². The molecule has 1 saturated carbocycles. The number of hydrogen-bond donors (Lipinski definition) is 1. The standard InChI is InChI=1S/C11H14BrNO2/c1-15-9-6-13-5-8(12)10(9)11(7-14)3-2-4-11/h5-6,14H,2-4,7H2,1H3. The molecule has 0 amide bonds. The van der Waals surface area contributed by atoms with E-state index in [9.17, 15) is 5.11 Å². The Labute approximate surface area is 97.6 Å².